The molecule has 1 heterocycles. The van der Waals surface area contributed by atoms with E-state index in [4.69, 9.17) is 5.26 Å². The Bertz CT molecular complexity index is 534. The van der Waals surface area contributed by atoms with E-state index in [2.05, 4.69) is 23.0 Å². The molecule has 86 valence electrons. The third-order valence-electron chi connectivity index (χ3n) is 2.82. The number of rotatable bonds is 3. The first-order chi connectivity index (χ1) is 8.26. The van der Waals surface area contributed by atoms with Crippen molar-refractivity contribution in [3.63, 3.8) is 0 Å². The van der Waals surface area contributed by atoms with E-state index in [1.54, 1.807) is 0 Å². The largest absolute Gasteiger partial charge is 0.342 e. The molecule has 2 aromatic rings. The van der Waals surface area contributed by atoms with Crippen LogP contribution in [-0.2, 0) is 6.42 Å². The van der Waals surface area contributed by atoms with Crippen molar-refractivity contribution in [3.8, 4) is 17.5 Å². The second-order valence-corrected chi connectivity index (χ2v) is 4.02. The zero-order valence-corrected chi connectivity index (χ0v) is 10.1. The Hall–Kier alpha value is -2.08. The summed E-state index contributed by atoms with van der Waals surface area (Å²) in [5.41, 5.74) is 2.98. The third kappa shape index (κ3) is 2.21. The number of hydrogen-bond acceptors (Lipinski definition) is 2. The number of hydrogen-bond donors (Lipinski definition) is 1. The maximum atomic E-state index is 8.98. The number of benzene rings is 1. The normalized spacial score (nSPS) is 12.1. The Morgan fingerprint density at radius 2 is 2.06 bits per heavy atom. The van der Waals surface area contributed by atoms with Crippen LogP contribution >= 0.6 is 0 Å². The predicted molar refractivity (Wildman–Crippen MR) is 67.4 cm³/mol. The Morgan fingerprint density at radius 3 is 2.65 bits per heavy atom. The first-order valence-corrected chi connectivity index (χ1v) is 5.80. The van der Waals surface area contributed by atoms with Crippen molar-refractivity contribution in [2.24, 2.45) is 0 Å². The lowest BCUT2D eigenvalue weighted by molar-refractivity contribution is 0.896. The minimum absolute atomic E-state index is 0.168. The Balaban J connectivity index is 2.46. The lowest BCUT2D eigenvalue weighted by atomic mass is 10.1. The van der Waals surface area contributed by atoms with Gasteiger partial charge in [-0.1, -0.05) is 37.3 Å². The summed E-state index contributed by atoms with van der Waals surface area (Å²) in [5.74, 6) is 0.679. The highest BCUT2D eigenvalue weighted by Gasteiger charge is 2.15. The highest BCUT2D eigenvalue weighted by molar-refractivity contribution is 5.56. The molecule has 0 fully saturated rings. The average molecular weight is 225 g/mol. The molecule has 0 bridgehead atoms. The number of nitrogens with one attached hydrogen (secondary N) is 1. The van der Waals surface area contributed by atoms with Crippen LogP contribution in [0.25, 0.3) is 11.4 Å². The quantitative estimate of drug-likeness (QED) is 0.871. The highest BCUT2D eigenvalue weighted by atomic mass is 14.9. The smallest absolute Gasteiger partial charge is 0.137 e. The topological polar surface area (TPSA) is 52.5 Å². The van der Waals surface area contributed by atoms with Crippen LogP contribution in [0.2, 0.25) is 0 Å². The Morgan fingerprint density at radius 1 is 1.35 bits per heavy atom. The Labute approximate surface area is 101 Å². The van der Waals surface area contributed by atoms with Gasteiger partial charge >= 0.3 is 0 Å². The molecule has 0 aliphatic heterocycles. The van der Waals surface area contributed by atoms with E-state index in [9.17, 15) is 0 Å². The summed E-state index contributed by atoms with van der Waals surface area (Å²) in [5, 5.41) is 8.98. The van der Waals surface area contributed by atoms with E-state index >= 15 is 0 Å². The van der Waals surface area contributed by atoms with Crippen LogP contribution in [0, 0.1) is 11.3 Å². The molecule has 0 aliphatic rings. The third-order valence-corrected chi connectivity index (χ3v) is 2.82. The van der Waals surface area contributed by atoms with Crippen LogP contribution in [0.1, 0.15) is 31.2 Å². The van der Waals surface area contributed by atoms with E-state index in [0.29, 0.717) is 0 Å². The number of imidazole rings is 1. The fourth-order valence-corrected chi connectivity index (χ4v) is 1.84. The summed E-state index contributed by atoms with van der Waals surface area (Å²) in [6, 6.07) is 12.2. The van der Waals surface area contributed by atoms with E-state index in [1.165, 1.54) is 0 Å². The molecular weight excluding hydrogens is 210 g/mol. The minimum atomic E-state index is -0.168. The zero-order valence-electron chi connectivity index (χ0n) is 10.1. The zero-order chi connectivity index (χ0) is 12.3. The van der Waals surface area contributed by atoms with Gasteiger partial charge in [-0.2, -0.15) is 5.26 Å². The molecular formula is C14H15N3. The number of nitrogens with zero attached hydrogens (tertiary/aromatic N) is 2. The van der Waals surface area contributed by atoms with Gasteiger partial charge in [-0.3, -0.25) is 0 Å². The number of aromatic nitrogens is 2. The van der Waals surface area contributed by atoms with Crippen LogP contribution in [0.3, 0.4) is 0 Å². The lowest BCUT2D eigenvalue weighted by Crippen LogP contribution is -1.95. The molecule has 17 heavy (non-hydrogen) atoms. The monoisotopic (exact) mass is 225 g/mol. The van der Waals surface area contributed by atoms with Crippen molar-refractivity contribution in [1.29, 1.82) is 5.26 Å². The molecule has 0 spiro atoms. The summed E-state index contributed by atoms with van der Waals surface area (Å²) in [7, 11) is 0. The first-order valence-electron chi connectivity index (χ1n) is 5.80. The molecule has 0 aliphatic carbocycles. The summed E-state index contributed by atoms with van der Waals surface area (Å²) in [6.45, 7) is 3.94. The summed E-state index contributed by atoms with van der Waals surface area (Å²) in [6.07, 6.45) is 0.862. The van der Waals surface area contributed by atoms with Gasteiger partial charge in [-0.25, -0.2) is 4.98 Å². The number of aromatic amines is 1. The number of nitriles is 1. The van der Waals surface area contributed by atoms with E-state index in [0.717, 1.165) is 29.2 Å². The molecule has 1 aromatic heterocycles. The van der Waals surface area contributed by atoms with Crippen LogP contribution < -0.4 is 0 Å². The fraction of sp³-hybridized carbons (Fsp3) is 0.286. The average Bonchev–Trinajstić information content (AvgIpc) is 2.83. The molecule has 1 atom stereocenters. The van der Waals surface area contributed by atoms with Crippen molar-refractivity contribution in [2.45, 2.75) is 26.2 Å². The van der Waals surface area contributed by atoms with Gasteiger partial charge in [0.05, 0.1) is 17.7 Å². The van der Waals surface area contributed by atoms with E-state index in [-0.39, 0.29) is 5.92 Å². The van der Waals surface area contributed by atoms with Gasteiger partial charge in [0.25, 0.3) is 0 Å². The van der Waals surface area contributed by atoms with Crippen molar-refractivity contribution >= 4 is 0 Å². The molecule has 1 aromatic carbocycles. The standard InChI is InChI=1S/C14H15N3/c1-3-12-13(10(2)9-15)17-14(16-12)11-7-5-4-6-8-11/h4-8,10H,3H2,1-2H3,(H,16,17). The second kappa shape index (κ2) is 4.84. The van der Waals surface area contributed by atoms with Crippen LogP contribution in [0.15, 0.2) is 30.3 Å². The Kier molecular flexibility index (Phi) is 3.24. The first kappa shape index (κ1) is 11.4. The minimum Gasteiger partial charge on any atom is -0.342 e. The molecule has 0 saturated carbocycles. The molecule has 3 heteroatoms. The van der Waals surface area contributed by atoms with Gasteiger partial charge in [-0.15, -0.1) is 0 Å². The SMILES string of the molecule is CCc1[nH]c(-c2ccccc2)nc1C(C)C#N. The molecule has 1 N–H and O–H groups in total. The van der Waals surface area contributed by atoms with Gasteiger partial charge < -0.3 is 4.98 Å². The maximum Gasteiger partial charge on any atom is 0.137 e. The van der Waals surface area contributed by atoms with Crippen molar-refractivity contribution in [1.82, 2.24) is 9.97 Å². The van der Waals surface area contributed by atoms with Gasteiger partial charge in [0.1, 0.15) is 5.82 Å². The fourth-order valence-electron chi connectivity index (χ4n) is 1.84. The van der Waals surface area contributed by atoms with E-state index < -0.39 is 0 Å². The maximum absolute atomic E-state index is 8.98. The molecule has 0 amide bonds. The van der Waals surface area contributed by atoms with Crippen LogP contribution in [-0.4, -0.2) is 9.97 Å². The summed E-state index contributed by atoms with van der Waals surface area (Å²) in [4.78, 5) is 7.84. The lowest BCUT2D eigenvalue weighted by Gasteiger charge is -1.99. The van der Waals surface area contributed by atoms with Gasteiger partial charge in [-0.05, 0) is 13.3 Å². The molecule has 1 unspecified atom stereocenters. The van der Waals surface area contributed by atoms with Crippen LogP contribution in [0.4, 0.5) is 0 Å². The predicted octanol–water partition coefficient (Wildman–Crippen LogP) is 3.27. The summed E-state index contributed by atoms with van der Waals surface area (Å²) >= 11 is 0. The van der Waals surface area contributed by atoms with Gasteiger partial charge in [0.15, 0.2) is 0 Å². The van der Waals surface area contributed by atoms with Crippen LogP contribution in [0.5, 0.6) is 0 Å². The van der Waals surface area contributed by atoms with E-state index in [1.807, 2.05) is 37.3 Å². The van der Waals surface area contributed by atoms with Gasteiger partial charge in [0.2, 0.25) is 0 Å². The number of H-pyrrole nitrogens is 1. The van der Waals surface area contributed by atoms with Crippen molar-refractivity contribution < 1.29 is 0 Å². The number of aryl methyl sites for hydroxylation is 1. The molecule has 2 rings (SSSR count). The van der Waals surface area contributed by atoms with Crippen molar-refractivity contribution in [2.75, 3.05) is 0 Å². The molecule has 0 radical (unpaired) electrons. The molecule has 0 saturated heterocycles. The van der Waals surface area contributed by atoms with Crippen molar-refractivity contribution in [3.05, 3.63) is 41.7 Å². The second-order valence-electron chi connectivity index (χ2n) is 4.02. The summed E-state index contributed by atoms with van der Waals surface area (Å²) < 4.78 is 0. The van der Waals surface area contributed by atoms with Gasteiger partial charge in [0, 0.05) is 11.3 Å². The molecule has 3 nitrogen and oxygen atoms in total. The highest BCUT2D eigenvalue weighted by Crippen LogP contribution is 2.23.